The molecule has 8 heteroatoms. The van der Waals surface area contributed by atoms with E-state index in [9.17, 15) is 18.0 Å². The van der Waals surface area contributed by atoms with Gasteiger partial charge in [0.05, 0.1) is 11.3 Å². The van der Waals surface area contributed by atoms with Crippen LogP contribution in [-0.2, 0) is 12.6 Å². The third kappa shape index (κ3) is 2.33. The number of H-pyrrole nitrogens is 1. The van der Waals surface area contributed by atoms with Crippen molar-refractivity contribution >= 4 is 5.69 Å². The van der Waals surface area contributed by atoms with E-state index in [0.717, 1.165) is 16.8 Å². The normalized spacial score (nSPS) is 11.8. The molecule has 0 aliphatic carbocycles. The average molecular weight is 272 g/mol. The summed E-state index contributed by atoms with van der Waals surface area (Å²) in [6.45, 7) is 1.80. The number of hydrogen-bond acceptors (Lipinski definition) is 3. The maximum atomic E-state index is 12.4. The van der Waals surface area contributed by atoms with Crippen molar-refractivity contribution in [3.63, 3.8) is 0 Å². The average Bonchev–Trinajstić information content (AvgIpc) is 2.65. The number of aromatic amines is 1. The molecule has 0 aliphatic rings. The van der Waals surface area contributed by atoms with Crippen molar-refractivity contribution in [2.75, 3.05) is 5.73 Å². The molecule has 0 fully saturated rings. The van der Waals surface area contributed by atoms with Gasteiger partial charge in [-0.1, -0.05) is 6.92 Å². The molecule has 102 valence electrons. The highest BCUT2D eigenvalue weighted by atomic mass is 19.4. The summed E-state index contributed by atoms with van der Waals surface area (Å²) < 4.78 is 38.2. The first-order valence-electron chi connectivity index (χ1n) is 5.47. The van der Waals surface area contributed by atoms with Crippen molar-refractivity contribution < 1.29 is 13.2 Å². The monoisotopic (exact) mass is 272 g/mol. The van der Waals surface area contributed by atoms with E-state index in [0.29, 0.717) is 18.3 Å². The predicted octanol–water partition coefficient (Wildman–Crippen LogP) is 1.72. The van der Waals surface area contributed by atoms with Crippen LogP contribution in [0.1, 0.15) is 18.2 Å². The molecule has 0 radical (unpaired) electrons. The third-order valence-corrected chi connectivity index (χ3v) is 2.66. The summed E-state index contributed by atoms with van der Waals surface area (Å²) in [6, 6.07) is 1.97. The van der Waals surface area contributed by atoms with Crippen molar-refractivity contribution in [3.05, 3.63) is 39.9 Å². The van der Waals surface area contributed by atoms with Gasteiger partial charge in [0.1, 0.15) is 5.69 Å². The van der Waals surface area contributed by atoms with Gasteiger partial charge in [-0.25, -0.2) is 4.98 Å². The number of aryl methyl sites for hydroxylation is 1. The number of nitrogens with two attached hydrogens (primary N) is 1. The molecule has 2 rings (SSSR count). The fraction of sp³-hybridized carbons (Fsp3) is 0.273. The summed E-state index contributed by atoms with van der Waals surface area (Å²) in [5.74, 6) is 0.0596. The maximum absolute atomic E-state index is 12.4. The first-order valence-corrected chi connectivity index (χ1v) is 5.47. The molecule has 0 spiro atoms. The van der Waals surface area contributed by atoms with Crippen LogP contribution in [-0.4, -0.2) is 14.8 Å². The van der Waals surface area contributed by atoms with Gasteiger partial charge in [-0.05, 0) is 18.6 Å². The number of anilines is 1. The molecule has 2 heterocycles. The summed E-state index contributed by atoms with van der Waals surface area (Å²) >= 11 is 0. The Balaban J connectivity index is 2.46. The zero-order valence-corrected chi connectivity index (χ0v) is 9.95. The van der Waals surface area contributed by atoms with Crippen LogP contribution in [0.4, 0.5) is 18.9 Å². The molecule has 19 heavy (non-hydrogen) atoms. The molecule has 2 aromatic rings. The largest absolute Gasteiger partial charge is 0.417 e. The van der Waals surface area contributed by atoms with E-state index in [1.54, 1.807) is 6.92 Å². The standard InChI is InChI=1S/C11H11F3N4O/c1-2-7-9(15)10(19)18(17-7)8-4-3-6(5-16-8)11(12,13)14/h3-5,17H,2,15H2,1H3. The second-order valence-electron chi connectivity index (χ2n) is 3.90. The SMILES string of the molecule is CCc1[nH]n(-c2ccc(C(F)(F)F)cn2)c(=O)c1N. The van der Waals surface area contributed by atoms with Crippen LogP contribution in [0.3, 0.4) is 0 Å². The predicted molar refractivity (Wildman–Crippen MR) is 63.0 cm³/mol. The lowest BCUT2D eigenvalue weighted by Crippen LogP contribution is -2.18. The van der Waals surface area contributed by atoms with Crippen molar-refractivity contribution in [1.29, 1.82) is 0 Å². The van der Waals surface area contributed by atoms with Crippen LogP contribution >= 0.6 is 0 Å². The second kappa shape index (κ2) is 4.45. The summed E-state index contributed by atoms with van der Waals surface area (Å²) in [7, 11) is 0. The van der Waals surface area contributed by atoms with Gasteiger partial charge in [-0.15, -0.1) is 0 Å². The number of rotatable bonds is 2. The van der Waals surface area contributed by atoms with Gasteiger partial charge in [0, 0.05) is 6.20 Å². The van der Waals surface area contributed by atoms with Gasteiger partial charge < -0.3 is 5.73 Å². The van der Waals surface area contributed by atoms with E-state index in [-0.39, 0.29) is 11.5 Å². The van der Waals surface area contributed by atoms with Gasteiger partial charge in [-0.3, -0.25) is 9.89 Å². The number of nitrogens with zero attached hydrogens (tertiary/aromatic N) is 2. The lowest BCUT2D eigenvalue weighted by Gasteiger charge is -2.06. The minimum atomic E-state index is -4.46. The number of halogens is 3. The van der Waals surface area contributed by atoms with Crippen molar-refractivity contribution in [2.45, 2.75) is 19.5 Å². The molecule has 2 aromatic heterocycles. The highest BCUT2D eigenvalue weighted by Crippen LogP contribution is 2.28. The van der Waals surface area contributed by atoms with Gasteiger partial charge >= 0.3 is 6.18 Å². The third-order valence-electron chi connectivity index (χ3n) is 2.66. The zero-order chi connectivity index (χ0) is 14.2. The molecule has 0 bridgehead atoms. The van der Waals surface area contributed by atoms with Crippen LogP contribution in [0.5, 0.6) is 0 Å². The molecule has 0 aliphatic heterocycles. The molecule has 0 saturated heterocycles. The van der Waals surface area contributed by atoms with Gasteiger partial charge in [0.2, 0.25) is 0 Å². The lowest BCUT2D eigenvalue weighted by atomic mass is 10.3. The number of nitrogens with one attached hydrogen (secondary N) is 1. The molecule has 5 nitrogen and oxygen atoms in total. The van der Waals surface area contributed by atoms with Crippen LogP contribution in [0.2, 0.25) is 0 Å². The number of alkyl halides is 3. The Morgan fingerprint density at radius 3 is 2.53 bits per heavy atom. The highest BCUT2D eigenvalue weighted by Gasteiger charge is 2.30. The number of nitrogen functional groups attached to an aromatic ring is 1. The zero-order valence-electron chi connectivity index (χ0n) is 9.95. The molecule has 0 amide bonds. The Kier molecular flexibility index (Phi) is 3.09. The van der Waals surface area contributed by atoms with Crippen molar-refractivity contribution in [2.24, 2.45) is 0 Å². The topological polar surface area (TPSA) is 76.7 Å². The fourth-order valence-electron chi connectivity index (χ4n) is 1.61. The summed E-state index contributed by atoms with van der Waals surface area (Å²) in [5, 5.41) is 2.71. The van der Waals surface area contributed by atoms with Gasteiger partial charge in [0.15, 0.2) is 5.82 Å². The molecule has 0 atom stereocenters. The van der Waals surface area contributed by atoms with Crippen LogP contribution in [0, 0.1) is 0 Å². The Morgan fingerprint density at radius 1 is 1.42 bits per heavy atom. The molecule has 3 N–H and O–H groups in total. The van der Waals surface area contributed by atoms with Crippen LogP contribution < -0.4 is 11.3 Å². The number of aromatic nitrogens is 3. The second-order valence-corrected chi connectivity index (χ2v) is 3.90. The summed E-state index contributed by atoms with van der Waals surface area (Å²) in [6.07, 6.45) is -3.28. The maximum Gasteiger partial charge on any atom is 0.417 e. The minimum Gasteiger partial charge on any atom is -0.393 e. The first kappa shape index (κ1) is 13.2. The minimum absolute atomic E-state index is 0.0456. The van der Waals surface area contributed by atoms with Crippen molar-refractivity contribution in [1.82, 2.24) is 14.8 Å². The first-order chi connectivity index (χ1) is 8.84. The Hall–Kier alpha value is -2.25. The molecule has 0 unspecified atom stereocenters. The van der Waals surface area contributed by atoms with E-state index in [4.69, 9.17) is 5.73 Å². The fourth-order valence-corrected chi connectivity index (χ4v) is 1.61. The molecular weight excluding hydrogens is 261 g/mol. The summed E-state index contributed by atoms with van der Waals surface area (Å²) in [5.41, 5.74) is 4.74. The Labute approximate surface area is 105 Å². The van der Waals surface area contributed by atoms with E-state index >= 15 is 0 Å². The Bertz CT molecular complexity index is 639. The van der Waals surface area contributed by atoms with E-state index < -0.39 is 17.3 Å². The quantitative estimate of drug-likeness (QED) is 0.874. The highest BCUT2D eigenvalue weighted by molar-refractivity contribution is 5.43. The smallest absolute Gasteiger partial charge is 0.393 e. The summed E-state index contributed by atoms with van der Waals surface area (Å²) in [4.78, 5) is 15.4. The van der Waals surface area contributed by atoms with E-state index in [1.165, 1.54) is 0 Å². The van der Waals surface area contributed by atoms with Crippen molar-refractivity contribution in [3.8, 4) is 5.82 Å². The van der Waals surface area contributed by atoms with E-state index in [2.05, 4.69) is 10.1 Å². The van der Waals surface area contributed by atoms with Crippen LogP contribution in [0.25, 0.3) is 5.82 Å². The van der Waals surface area contributed by atoms with Crippen LogP contribution in [0.15, 0.2) is 23.1 Å². The number of pyridine rings is 1. The molecule has 0 saturated carbocycles. The lowest BCUT2D eigenvalue weighted by molar-refractivity contribution is -0.137. The van der Waals surface area contributed by atoms with Gasteiger partial charge in [-0.2, -0.15) is 17.9 Å². The van der Waals surface area contributed by atoms with E-state index in [1.807, 2.05) is 0 Å². The number of hydrogen-bond donors (Lipinski definition) is 2. The molecular formula is C11H11F3N4O. The Morgan fingerprint density at radius 2 is 2.11 bits per heavy atom. The molecule has 0 aromatic carbocycles. The van der Waals surface area contributed by atoms with Gasteiger partial charge in [0.25, 0.3) is 5.56 Å².